The number of hydrogen-bond donors (Lipinski definition) is 1. The van der Waals surface area contributed by atoms with Gasteiger partial charge in [-0.1, -0.05) is 0 Å². The third-order valence-electron chi connectivity index (χ3n) is 3.04. The van der Waals surface area contributed by atoms with E-state index in [1.54, 1.807) is 20.3 Å². The number of ether oxygens (including phenoxy) is 2. The monoisotopic (exact) mass is 246 g/mol. The molecule has 0 aromatic heterocycles. The molecule has 1 N–H and O–H groups in total. The number of carbonyl (C=O) groups excluding carboxylic acids is 1. The Bertz CT molecular complexity index is 520. The summed E-state index contributed by atoms with van der Waals surface area (Å²) in [6, 6.07) is 5.62. The second-order valence-corrected chi connectivity index (χ2v) is 4.12. The number of nitrogens with one attached hydrogen (secondary N) is 1. The summed E-state index contributed by atoms with van der Waals surface area (Å²) in [6.07, 6.45) is 0.743. The molecule has 1 aliphatic rings. The van der Waals surface area contributed by atoms with Crippen molar-refractivity contribution in [2.24, 2.45) is 5.92 Å². The van der Waals surface area contributed by atoms with Crippen LogP contribution in [0.25, 0.3) is 0 Å². The Morgan fingerprint density at radius 3 is 2.83 bits per heavy atom. The highest BCUT2D eigenvalue weighted by molar-refractivity contribution is 5.97. The number of methoxy groups -OCH3 is 2. The first-order valence-corrected chi connectivity index (χ1v) is 5.62. The predicted octanol–water partition coefficient (Wildman–Crippen LogP) is 1.73. The Balaban J connectivity index is 2.42. The van der Waals surface area contributed by atoms with E-state index in [2.05, 4.69) is 5.32 Å². The molecule has 5 nitrogen and oxygen atoms in total. The molecule has 1 amide bonds. The summed E-state index contributed by atoms with van der Waals surface area (Å²) in [4.78, 5) is 11.8. The van der Waals surface area contributed by atoms with Gasteiger partial charge in [-0.2, -0.15) is 5.26 Å². The van der Waals surface area contributed by atoms with Crippen LogP contribution in [0.2, 0.25) is 0 Å². The summed E-state index contributed by atoms with van der Waals surface area (Å²) >= 11 is 0. The van der Waals surface area contributed by atoms with Crippen LogP contribution in [0.1, 0.15) is 12.0 Å². The Labute approximate surface area is 105 Å². The van der Waals surface area contributed by atoms with Gasteiger partial charge in [0, 0.05) is 12.5 Å². The molecule has 5 heteroatoms. The van der Waals surface area contributed by atoms with Gasteiger partial charge in [-0.15, -0.1) is 0 Å². The number of amides is 1. The minimum Gasteiger partial charge on any atom is -0.497 e. The molecule has 0 saturated heterocycles. The lowest BCUT2D eigenvalue weighted by Crippen LogP contribution is -2.30. The van der Waals surface area contributed by atoms with Gasteiger partial charge in [-0.25, -0.2) is 0 Å². The molecular formula is C13H14N2O3. The van der Waals surface area contributed by atoms with Crippen molar-refractivity contribution in [2.45, 2.75) is 12.8 Å². The molecule has 1 aliphatic heterocycles. The van der Waals surface area contributed by atoms with Crippen molar-refractivity contribution < 1.29 is 14.3 Å². The first-order chi connectivity index (χ1) is 8.69. The summed E-state index contributed by atoms with van der Waals surface area (Å²) in [5, 5.41) is 11.5. The minimum atomic E-state index is -0.306. The Morgan fingerprint density at radius 1 is 1.44 bits per heavy atom. The number of benzene rings is 1. The van der Waals surface area contributed by atoms with E-state index in [0.29, 0.717) is 23.6 Å². The molecular weight excluding hydrogens is 232 g/mol. The maximum absolute atomic E-state index is 11.8. The van der Waals surface area contributed by atoms with E-state index in [4.69, 9.17) is 14.7 Å². The van der Waals surface area contributed by atoms with Crippen LogP contribution >= 0.6 is 0 Å². The van der Waals surface area contributed by atoms with Crippen LogP contribution in [0.5, 0.6) is 11.5 Å². The van der Waals surface area contributed by atoms with Crippen LogP contribution in [-0.2, 0) is 11.2 Å². The van der Waals surface area contributed by atoms with Gasteiger partial charge in [-0.3, -0.25) is 4.79 Å². The van der Waals surface area contributed by atoms with Crippen LogP contribution in [0.15, 0.2) is 12.1 Å². The molecule has 0 bridgehead atoms. The summed E-state index contributed by atoms with van der Waals surface area (Å²) in [7, 11) is 3.12. The summed E-state index contributed by atoms with van der Waals surface area (Å²) < 4.78 is 10.4. The third kappa shape index (κ3) is 2.09. The quantitative estimate of drug-likeness (QED) is 0.881. The lowest BCUT2D eigenvalue weighted by atomic mass is 9.90. The number of fused-ring (bicyclic) bond motifs is 1. The average Bonchev–Trinajstić information content (AvgIpc) is 2.39. The van der Waals surface area contributed by atoms with Gasteiger partial charge in [0.25, 0.3) is 0 Å². The molecule has 0 aliphatic carbocycles. The highest BCUT2D eigenvalue weighted by Crippen LogP contribution is 2.38. The van der Waals surface area contributed by atoms with Crippen LogP contribution in [0.4, 0.5) is 5.69 Å². The fraction of sp³-hybridized carbons (Fsp3) is 0.385. The van der Waals surface area contributed by atoms with Crippen LogP contribution < -0.4 is 14.8 Å². The average molecular weight is 246 g/mol. The lowest BCUT2D eigenvalue weighted by molar-refractivity contribution is -0.120. The maximum atomic E-state index is 11.8. The van der Waals surface area contributed by atoms with Crippen molar-refractivity contribution >= 4 is 11.6 Å². The van der Waals surface area contributed by atoms with Crippen LogP contribution in [0, 0.1) is 17.2 Å². The van der Waals surface area contributed by atoms with Crippen molar-refractivity contribution in [1.29, 1.82) is 5.26 Å². The summed E-state index contributed by atoms with van der Waals surface area (Å²) in [5.41, 5.74) is 1.61. The molecule has 94 valence electrons. The topological polar surface area (TPSA) is 71.3 Å². The van der Waals surface area contributed by atoms with Gasteiger partial charge >= 0.3 is 0 Å². The van der Waals surface area contributed by atoms with E-state index in [1.165, 1.54) is 0 Å². The van der Waals surface area contributed by atoms with Gasteiger partial charge in [0.05, 0.1) is 31.9 Å². The van der Waals surface area contributed by atoms with Crippen LogP contribution in [0.3, 0.4) is 0 Å². The normalized spacial score (nSPS) is 17.4. The molecule has 1 aromatic carbocycles. The van der Waals surface area contributed by atoms with Gasteiger partial charge in [0.15, 0.2) is 0 Å². The summed E-state index contributed by atoms with van der Waals surface area (Å²) in [6.45, 7) is 0. The van der Waals surface area contributed by atoms with E-state index in [0.717, 1.165) is 5.56 Å². The summed E-state index contributed by atoms with van der Waals surface area (Å²) in [5.74, 6) is 0.817. The number of hydrogen-bond acceptors (Lipinski definition) is 4. The highest BCUT2D eigenvalue weighted by Gasteiger charge is 2.28. The van der Waals surface area contributed by atoms with E-state index in [-0.39, 0.29) is 18.2 Å². The molecule has 0 fully saturated rings. The number of anilines is 1. The van der Waals surface area contributed by atoms with E-state index in [9.17, 15) is 4.79 Å². The van der Waals surface area contributed by atoms with Crippen molar-refractivity contribution in [3.05, 3.63) is 17.7 Å². The lowest BCUT2D eigenvalue weighted by Gasteiger charge is -2.25. The minimum absolute atomic E-state index is 0.132. The van der Waals surface area contributed by atoms with Gasteiger partial charge in [0.1, 0.15) is 11.5 Å². The fourth-order valence-electron chi connectivity index (χ4n) is 2.09. The van der Waals surface area contributed by atoms with Crippen molar-refractivity contribution in [2.75, 3.05) is 19.5 Å². The second kappa shape index (κ2) is 4.96. The van der Waals surface area contributed by atoms with Crippen LogP contribution in [-0.4, -0.2) is 20.1 Å². The second-order valence-electron chi connectivity index (χ2n) is 4.12. The van der Waals surface area contributed by atoms with E-state index < -0.39 is 0 Å². The molecule has 0 radical (unpaired) electrons. The first-order valence-electron chi connectivity index (χ1n) is 5.62. The van der Waals surface area contributed by atoms with Gasteiger partial charge in [-0.05, 0) is 18.1 Å². The molecule has 1 atom stereocenters. The molecule has 0 saturated carbocycles. The Kier molecular flexibility index (Phi) is 3.38. The number of nitrogens with zero attached hydrogens (tertiary/aromatic N) is 1. The first kappa shape index (κ1) is 12.2. The third-order valence-corrected chi connectivity index (χ3v) is 3.04. The smallest absolute Gasteiger partial charge is 0.228 e. The van der Waals surface area contributed by atoms with E-state index >= 15 is 0 Å². The van der Waals surface area contributed by atoms with Crippen molar-refractivity contribution in [3.8, 4) is 17.6 Å². The highest BCUT2D eigenvalue weighted by atomic mass is 16.5. The zero-order valence-corrected chi connectivity index (χ0v) is 10.3. The molecule has 1 unspecified atom stereocenters. The van der Waals surface area contributed by atoms with E-state index in [1.807, 2.05) is 12.1 Å². The molecule has 1 aromatic rings. The zero-order valence-electron chi connectivity index (χ0n) is 10.3. The largest absolute Gasteiger partial charge is 0.497 e. The standard InChI is InChI=1S/C13H14N2O3/c1-17-10-6-9-5-8(3-4-14)13(16)15-12(9)11(7-10)18-2/h6-8H,3,5H2,1-2H3,(H,15,16). The molecule has 0 spiro atoms. The van der Waals surface area contributed by atoms with Crippen molar-refractivity contribution in [1.82, 2.24) is 0 Å². The van der Waals surface area contributed by atoms with Crippen molar-refractivity contribution in [3.63, 3.8) is 0 Å². The zero-order chi connectivity index (χ0) is 13.1. The number of rotatable bonds is 3. The molecule has 1 heterocycles. The number of carbonyl (C=O) groups is 1. The Morgan fingerprint density at radius 2 is 2.22 bits per heavy atom. The number of nitriles is 1. The fourth-order valence-corrected chi connectivity index (χ4v) is 2.09. The molecule has 2 rings (SSSR count). The SMILES string of the molecule is COc1cc2c(c(OC)c1)NC(=O)C(CC#N)C2. The Hall–Kier alpha value is -2.22. The van der Waals surface area contributed by atoms with Gasteiger partial charge in [0.2, 0.25) is 5.91 Å². The maximum Gasteiger partial charge on any atom is 0.228 e. The van der Waals surface area contributed by atoms with Gasteiger partial charge < -0.3 is 14.8 Å². The molecule has 18 heavy (non-hydrogen) atoms. The predicted molar refractivity (Wildman–Crippen MR) is 65.6 cm³/mol.